The summed E-state index contributed by atoms with van der Waals surface area (Å²) >= 11 is 1.58. The van der Waals surface area contributed by atoms with E-state index in [0.717, 1.165) is 10.7 Å². The number of rotatable bonds is 1. The average molecular weight is 161 g/mol. The Morgan fingerprint density at radius 3 is 3.09 bits per heavy atom. The molecule has 2 aromatic rings. The normalized spacial score (nSPS) is 9.82. The van der Waals surface area contributed by atoms with Crippen LogP contribution in [-0.2, 0) is 0 Å². The summed E-state index contributed by atoms with van der Waals surface area (Å²) in [6.07, 6.45) is 4.54. The molecule has 0 aromatic carbocycles. The van der Waals surface area contributed by atoms with Gasteiger partial charge in [0.2, 0.25) is 0 Å². The first-order chi connectivity index (χ1) is 5.47. The molecule has 0 N–H and O–H groups in total. The SMILES string of the molecule is [c]1cccc(-c2nccs2)n1. The molecule has 0 atom stereocenters. The smallest absolute Gasteiger partial charge is 0.141 e. The Balaban J connectivity index is 2.46. The van der Waals surface area contributed by atoms with E-state index in [4.69, 9.17) is 0 Å². The van der Waals surface area contributed by atoms with Gasteiger partial charge in [0.1, 0.15) is 5.01 Å². The fourth-order valence-electron chi connectivity index (χ4n) is 0.795. The van der Waals surface area contributed by atoms with E-state index in [9.17, 15) is 0 Å². The largest absolute Gasteiger partial charge is 0.244 e. The van der Waals surface area contributed by atoms with Crippen molar-refractivity contribution in [2.24, 2.45) is 0 Å². The summed E-state index contributed by atoms with van der Waals surface area (Å²) in [5.74, 6) is 0. The van der Waals surface area contributed by atoms with E-state index in [0.29, 0.717) is 0 Å². The van der Waals surface area contributed by atoms with Crippen molar-refractivity contribution in [1.29, 1.82) is 0 Å². The highest BCUT2D eigenvalue weighted by atomic mass is 32.1. The molecule has 0 aliphatic rings. The third kappa shape index (κ3) is 1.28. The van der Waals surface area contributed by atoms with Crippen molar-refractivity contribution in [3.8, 4) is 10.7 Å². The lowest BCUT2D eigenvalue weighted by Crippen LogP contribution is -1.78. The second kappa shape index (κ2) is 2.80. The fraction of sp³-hybridized carbons (Fsp3) is 0. The van der Waals surface area contributed by atoms with Gasteiger partial charge < -0.3 is 0 Å². The molecule has 0 saturated carbocycles. The molecule has 53 valence electrons. The first-order valence-electron chi connectivity index (χ1n) is 3.20. The first-order valence-corrected chi connectivity index (χ1v) is 4.08. The van der Waals surface area contributed by atoms with Gasteiger partial charge in [-0.2, -0.15) is 0 Å². The van der Waals surface area contributed by atoms with E-state index in [1.807, 2.05) is 17.5 Å². The van der Waals surface area contributed by atoms with Crippen molar-refractivity contribution in [3.63, 3.8) is 0 Å². The number of nitrogens with zero attached hydrogens (tertiary/aromatic N) is 2. The van der Waals surface area contributed by atoms with E-state index >= 15 is 0 Å². The zero-order valence-electron chi connectivity index (χ0n) is 5.69. The molecule has 2 rings (SSSR count). The number of aromatic nitrogens is 2. The zero-order valence-corrected chi connectivity index (χ0v) is 6.51. The average Bonchev–Trinajstić information content (AvgIpc) is 2.58. The number of pyridine rings is 1. The van der Waals surface area contributed by atoms with Crippen LogP contribution in [0.1, 0.15) is 0 Å². The van der Waals surface area contributed by atoms with Gasteiger partial charge in [-0.1, -0.05) is 6.07 Å². The minimum Gasteiger partial charge on any atom is -0.244 e. The van der Waals surface area contributed by atoms with Crippen LogP contribution in [0.4, 0.5) is 0 Å². The molecule has 0 aliphatic carbocycles. The highest BCUT2D eigenvalue weighted by Gasteiger charge is 1.98. The maximum absolute atomic E-state index is 4.12. The Labute approximate surface area is 68.6 Å². The van der Waals surface area contributed by atoms with Crippen molar-refractivity contribution < 1.29 is 0 Å². The third-order valence-corrected chi connectivity index (χ3v) is 2.06. The predicted octanol–water partition coefficient (Wildman–Crippen LogP) is 2.01. The maximum Gasteiger partial charge on any atom is 0.141 e. The molecule has 2 aromatic heterocycles. The Morgan fingerprint density at radius 2 is 2.45 bits per heavy atom. The lowest BCUT2D eigenvalue weighted by molar-refractivity contribution is 1.28. The maximum atomic E-state index is 4.12. The van der Waals surface area contributed by atoms with E-state index in [-0.39, 0.29) is 0 Å². The lowest BCUT2D eigenvalue weighted by atomic mass is 10.4. The summed E-state index contributed by atoms with van der Waals surface area (Å²) in [4.78, 5) is 8.17. The Morgan fingerprint density at radius 1 is 1.45 bits per heavy atom. The number of hydrogen-bond donors (Lipinski definition) is 0. The van der Waals surface area contributed by atoms with Crippen LogP contribution >= 0.6 is 11.3 Å². The fourth-order valence-corrected chi connectivity index (χ4v) is 1.40. The van der Waals surface area contributed by atoms with E-state index in [2.05, 4.69) is 16.2 Å². The molecule has 2 nitrogen and oxygen atoms in total. The van der Waals surface area contributed by atoms with Gasteiger partial charge in [0.25, 0.3) is 0 Å². The van der Waals surface area contributed by atoms with Crippen LogP contribution in [-0.4, -0.2) is 9.97 Å². The predicted molar refractivity (Wildman–Crippen MR) is 44.2 cm³/mol. The van der Waals surface area contributed by atoms with Gasteiger partial charge in [0, 0.05) is 11.6 Å². The molecule has 0 aliphatic heterocycles. The Hall–Kier alpha value is -1.22. The molecule has 1 radical (unpaired) electrons. The summed E-state index contributed by atoms with van der Waals surface area (Å²) in [5, 5.41) is 2.88. The number of thiazole rings is 1. The van der Waals surface area contributed by atoms with Gasteiger partial charge in [-0.3, -0.25) is 0 Å². The van der Waals surface area contributed by atoms with Gasteiger partial charge in [-0.05, 0) is 12.1 Å². The molecule has 0 bridgehead atoms. The molecule has 0 fully saturated rings. The molecule has 0 unspecified atom stereocenters. The monoisotopic (exact) mass is 161 g/mol. The van der Waals surface area contributed by atoms with Crippen molar-refractivity contribution in [2.75, 3.05) is 0 Å². The number of hydrogen-bond acceptors (Lipinski definition) is 3. The van der Waals surface area contributed by atoms with E-state index in [1.165, 1.54) is 0 Å². The Bertz CT molecular complexity index is 315. The highest BCUT2D eigenvalue weighted by Crippen LogP contribution is 2.17. The molecule has 0 saturated heterocycles. The summed E-state index contributed by atoms with van der Waals surface area (Å²) in [7, 11) is 0. The van der Waals surface area contributed by atoms with Crippen LogP contribution in [0.15, 0.2) is 29.8 Å². The van der Waals surface area contributed by atoms with Crippen LogP contribution in [0.2, 0.25) is 0 Å². The van der Waals surface area contributed by atoms with Gasteiger partial charge >= 0.3 is 0 Å². The van der Waals surface area contributed by atoms with Crippen LogP contribution < -0.4 is 0 Å². The van der Waals surface area contributed by atoms with Crippen molar-refractivity contribution in [1.82, 2.24) is 9.97 Å². The van der Waals surface area contributed by atoms with Crippen LogP contribution in [0.25, 0.3) is 10.7 Å². The molecule has 0 spiro atoms. The summed E-state index contributed by atoms with van der Waals surface area (Å²) in [6.45, 7) is 0. The quantitative estimate of drug-likeness (QED) is 0.639. The van der Waals surface area contributed by atoms with Gasteiger partial charge in [0.05, 0.1) is 11.9 Å². The molecular weight excluding hydrogens is 156 g/mol. The second-order valence-corrected chi connectivity index (χ2v) is 2.88. The standard InChI is InChI=1S/C8H5N2S/c1-2-4-9-7(3-1)8-10-5-6-11-8/h1-3,5-6H. The summed E-state index contributed by atoms with van der Waals surface area (Å²) in [5.41, 5.74) is 0.891. The van der Waals surface area contributed by atoms with Gasteiger partial charge in [-0.15, -0.1) is 11.3 Å². The van der Waals surface area contributed by atoms with Gasteiger partial charge in [0.15, 0.2) is 0 Å². The second-order valence-electron chi connectivity index (χ2n) is 1.99. The molecular formula is C8H5N2S. The molecule has 3 heteroatoms. The molecule has 0 amide bonds. The molecule has 2 heterocycles. The van der Waals surface area contributed by atoms with Crippen molar-refractivity contribution in [2.45, 2.75) is 0 Å². The molecule has 11 heavy (non-hydrogen) atoms. The Kier molecular flexibility index (Phi) is 1.65. The minimum atomic E-state index is 0.891. The topological polar surface area (TPSA) is 25.8 Å². The third-order valence-electron chi connectivity index (χ3n) is 1.26. The van der Waals surface area contributed by atoms with Crippen LogP contribution in [0, 0.1) is 6.20 Å². The van der Waals surface area contributed by atoms with Gasteiger partial charge in [-0.25, -0.2) is 9.97 Å². The van der Waals surface area contributed by atoms with E-state index < -0.39 is 0 Å². The minimum absolute atomic E-state index is 0.891. The van der Waals surface area contributed by atoms with Crippen LogP contribution in [0.5, 0.6) is 0 Å². The van der Waals surface area contributed by atoms with E-state index in [1.54, 1.807) is 23.6 Å². The van der Waals surface area contributed by atoms with Crippen molar-refractivity contribution >= 4 is 11.3 Å². The zero-order chi connectivity index (χ0) is 7.52. The first kappa shape index (κ1) is 6.49. The van der Waals surface area contributed by atoms with Crippen LogP contribution in [0.3, 0.4) is 0 Å². The highest BCUT2D eigenvalue weighted by molar-refractivity contribution is 7.13. The summed E-state index contributed by atoms with van der Waals surface area (Å²) < 4.78 is 0. The summed E-state index contributed by atoms with van der Waals surface area (Å²) in [6, 6.07) is 5.61. The lowest BCUT2D eigenvalue weighted by Gasteiger charge is -1.90. The van der Waals surface area contributed by atoms with Crippen molar-refractivity contribution in [3.05, 3.63) is 36.0 Å².